The molecule has 0 spiro atoms. The molecule has 0 unspecified atom stereocenters. The Bertz CT molecular complexity index is 485. The molecule has 0 saturated heterocycles. The van der Waals surface area contributed by atoms with Gasteiger partial charge in [0, 0.05) is 24.8 Å². The molecular formula is C13H16N2O3. The van der Waals surface area contributed by atoms with E-state index in [0.717, 1.165) is 36.3 Å². The predicted octanol–water partition coefficient (Wildman–Crippen LogP) is 1.48. The SMILES string of the molecule is CC(=O)Nc1cccc2c1CCCN2CC(=O)O. The summed E-state index contributed by atoms with van der Waals surface area (Å²) in [5.41, 5.74) is 2.73. The van der Waals surface area contributed by atoms with E-state index in [0.29, 0.717) is 0 Å². The van der Waals surface area contributed by atoms with Crippen LogP contribution in [0.3, 0.4) is 0 Å². The normalized spacial score (nSPS) is 13.9. The van der Waals surface area contributed by atoms with Crippen molar-refractivity contribution in [3.05, 3.63) is 23.8 Å². The van der Waals surface area contributed by atoms with Gasteiger partial charge in [0.2, 0.25) is 5.91 Å². The molecule has 2 rings (SSSR count). The third kappa shape index (κ3) is 2.61. The van der Waals surface area contributed by atoms with Gasteiger partial charge in [0.25, 0.3) is 0 Å². The highest BCUT2D eigenvalue weighted by Crippen LogP contribution is 2.32. The van der Waals surface area contributed by atoms with Gasteiger partial charge in [-0.05, 0) is 30.5 Å². The molecule has 0 aliphatic carbocycles. The van der Waals surface area contributed by atoms with Crippen LogP contribution in [0.1, 0.15) is 18.9 Å². The lowest BCUT2D eigenvalue weighted by Gasteiger charge is -2.31. The molecule has 18 heavy (non-hydrogen) atoms. The minimum absolute atomic E-state index is 0.00345. The number of carboxylic acids is 1. The second-order valence-electron chi connectivity index (χ2n) is 4.40. The van der Waals surface area contributed by atoms with Gasteiger partial charge in [0.05, 0.1) is 0 Å². The molecule has 0 atom stereocenters. The highest BCUT2D eigenvalue weighted by molar-refractivity contribution is 5.91. The fourth-order valence-corrected chi connectivity index (χ4v) is 2.34. The number of hydrogen-bond acceptors (Lipinski definition) is 3. The summed E-state index contributed by atoms with van der Waals surface area (Å²) in [6, 6.07) is 5.59. The lowest BCUT2D eigenvalue weighted by atomic mass is 9.99. The Labute approximate surface area is 105 Å². The van der Waals surface area contributed by atoms with Gasteiger partial charge in [-0.1, -0.05) is 6.07 Å². The summed E-state index contributed by atoms with van der Waals surface area (Å²) in [7, 11) is 0. The number of anilines is 2. The zero-order valence-corrected chi connectivity index (χ0v) is 10.3. The van der Waals surface area contributed by atoms with Crippen LogP contribution in [0.2, 0.25) is 0 Å². The van der Waals surface area contributed by atoms with Gasteiger partial charge < -0.3 is 15.3 Å². The molecule has 0 saturated carbocycles. The molecule has 1 heterocycles. The fraction of sp³-hybridized carbons (Fsp3) is 0.385. The highest BCUT2D eigenvalue weighted by atomic mass is 16.4. The molecule has 5 heteroatoms. The quantitative estimate of drug-likeness (QED) is 0.850. The summed E-state index contributed by atoms with van der Waals surface area (Å²) in [5, 5.41) is 11.7. The topological polar surface area (TPSA) is 69.6 Å². The predicted molar refractivity (Wildman–Crippen MR) is 68.9 cm³/mol. The number of rotatable bonds is 3. The smallest absolute Gasteiger partial charge is 0.323 e. The van der Waals surface area contributed by atoms with E-state index in [1.165, 1.54) is 6.92 Å². The number of amides is 1. The molecule has 5 nitrogen and oxygen atoms in total. The van der Waals surface area contributed by atoms with E-state index in [1.54, 1.807) is 0 Å². The molecule has 0 radical (unpaired) electrons. The average Bonchev–Trinajstić information content (AvgIpc) is 2.29. The Balaban J connectivity index is 2.33. The zero-order chi connectivity index (χ0) is 13.1. The summed E-state index contributed by atoms with van der Waals surface area (Å²) >= 11 is 0. The van der Waals surface area contributed by atoms with Crippen molar-refractivity contribution in [1.82, 2.24) is 0 Å². The molecule has 1 aromatic carbocycles. The maximum Gasteiger partial charge on any atom is 0.323 e. The second kappa shape index (κ2) is 5.08. The van der Waals surface area contributed by atoms with Crippen molar-refractivity contribution in [1.29, 1.82) is 0 Å². The number of carbonyl (C=O) groups is 2. The first-order chi connectivity index (χ1) is 8.58. The molecule has 1 aliphatic rings. The number of benzene rings is 1. The van der Waals surface area contributed by atoms with E-state index in [-0.39, 0.29) is 12.5 Å². The first kappa shape index (κ1) is 12.4. The van der Waals surface area contributed by atoms with E-state index >= 15 is 0 Å². The van der Waals surface area contributed by atoms with Gasteiger partial charge in [0.15, 0.2) is 0 Å². The number of fused-ring (bicyclic) bond motifs is 1. The molecule has 1 aliphatic heterocycles. The Morgan fingerprint density at radius 1 is 1.44 bits per heavy atom. The maximum absolute atomic E-state index is 11.1. The highest BCUT2D eigenvalue weighted by Gasteiger charge is 2.21. The van der Waals surface area contributed by atoms with Crippen LogP contribution in [-0.2, 0) is 16.0 Å². The van der Waals surface area contributed by atoms with Crippen LogP contribution >= 0.6 is 0 Å². The number of nitrogens with one attached hydrogen (secondary N) is 1. The number of carbonyl (C=O) groups excluding carboxylic acids is 1. The van der Waals surface area contributed by atoms with Crippen molar-refractivity contribution in [2.24, 2.45) is 0 Å². The van der Waals surface area contributed by atoms with Gasteiger partial charge in [-0.25, -0.2) is 0 Å². The van der Waals surface area contributed by atoms with E-state index in [9.17, 15) is 9.59 Å². The largest absolute Gasteiger partial charge is 0.480 e. The van der Waals surface area contributed by atoms with Crippen molar-refractivity contribution < 1.29 is 14.7 Å². The average molecular weight is 248 g/mol. The summed E-state index contributed by atoms with van der Waals surface area (Å²) in [6.07, 6.45) is 1.76. The third-order valence-electron chi connectivity index (χ3n) is 2.98. The van der Waals surface area contributed by atoms with E-state index in [4.69, 9.17) is 5.11 Å². The Kier molecular flexibility index (Phi) is 3.50. The summed E-state index contributed by atoms with van der Waals surface area (Å²) in [5.74, 6) is -0.952. The number of carboxylic acid groups (broad SMARTS) is 1. The summed E-state index contributed by atoms with van der Waals surface area (Å²) < 4.78 is 0. The van der Waals surface area contributed by atoms with Crippen molar-refractivity contribution in [3.63, 3.8) is 0 Å². The summed E-state index contributed by atoms with van der Waals surface area (Å²) in [4.78, 5) is 23.8. The van der Waals surface area contributed by atoms with E-state index in [2.05, 4.69) is 5.32 Å². The lowest BCUT2D eigenvalue weighted by molar-refractivity contribution is -0.135. The molecule has 0 fully saturated rings. The van der Waals surface area contributed by atoms with Crippen LogP contribution < -0.4 is 10.2 Å². The molecular weight excluding hydrogens is 232 g/mol. The second-order valence-corrected chi connectivity index (χ2v) is 4.40. The molecule has 2 N–H and O–H groups in total. The van der Waals surface area contributed by atoms with Crippen LogP contribution in [0.5, 0.6) is 0 Å². The van der Waals surface area contributed by atoms with E-state index in [1.807, 2.05) is 23.1 Å². The molecule has 96 valence electrons. The Hall–Kier alpha value is -2.04. The standard InChI is InChI=1S/C13H16N2O3/c1-9(16)14-11-5-2-6-12-10(11)4-3-7-15(12)8-13(17)18/h2,5-6H,3-4,7-8H2,1H3,(H,14,16)(H,17,18). The first-order valence-electron chi connectivity index (χ1n) is 5.94. The monoisotopic (exact) mass is 248 g/mol. The zero-order valence-electron chi connectivity index (χ0n) is 10.3. The van der Waals surface area contributed by atoms with Crippen molar-refractivity contribution in [2.45, 2.75) is 19.8 Å². The van der Waals surface area contributed by atoms with Crippen molar-refractivity contribution in [3.8, 4) is 0 Å². The minimum Gasteiger partial charge on any atom is -0.480 e. The first-order valence-corrected chi connectivity index (χ1v) is 5.94. The summed E-state index contributed by atoms with van der Waals surface area (Å²) in [6.45, 7) is 2.20. The van der Waals surface area contributed by atoms with Gasteiger partial charge >= 0.3 is 5.97 Å². The van der Waals surface area contributed by atoms with Gasteiger partial charge in [0.1, 0.15) is 6.54 Å². The lowest BCUT2D eigenvalue weighted by Crippen LogP contribution is -2.34. The Morgan fingerprint density at radius 3 is 2.89 bits per heavy atom. The Morgan fingerprint density at radius 2 is 2.22 bits per heavy atom. The van der Waals surface area contributed by atoms with Crippen LogP contribution in [0.4, 0.5) is 11.4 Å². The van der Waals surface area contributed by atoms with Crippen LogP contribution in [0, 0.1) is 0 Å². The number of nitrogens with zero attached hydrogens (tertiary/aromatic N) is 1. The third-order valence-corrected chi connectivity index (χ3v) is 2.98. The van der Waals surface area contributed by atoms with Gasteiger partial charge in [-0.3, -0.25) is 9.59 Å². The van der Waals surface area contributed by atoms with Crippen molar-refractivity contribution >= 4 is 23.3 Å². The molecule has 0 aromatic heterocycles. The van der Waals surface area contributed by atoms with Crippen LogP contribution in [0.25, 0.3) is 0 Å². The molecule has 1 aromatic rings. The minimum atomic E-state index is -0.840. The number of aliphatic carboxylic acids is 1. The fourth-order valence-electron chi connectivity index (χ4n) is 2.34. The van der Waals surface area contributed by atoms with Gasteiger partial charge in [-0.15, -0.1) is 0 Å². The van der Waals surface area contributed by atoms with Crippen LogP contribution in [-0.4, -0.2) is 30.1 Å². The van der Waals surface area contributed by atoms with Crippen molar-refractivity contribution in [2.75, 3.05) is 23.3 Å². The number of hydrogen-bond donors (Lipinski definition) is 2. The molecule has 0 bridgehead atoms. The van der Waals surface area contributed by atoms with Crippen LogP contribution in [0.15, 0.2) is 18.2 Å². The van der Waals surface area contributed by atoms with Gasteiger partial charge in [-0.2, -0.15) is 0 Å². The molecule has 1 amide bonds. The maximum atomic E-state index is 11.1. The van der Waals surface area contributed by atoms with E-state index < -0.39 is 5.97 Å².